The molecule has 0 aromatic heterocycles. The second-order valence-electron chi connectivity index (χ2n) is 3.36. The molecule has 0 saturated heterocycles. The normalized spacial score (nSPS) is 12.6. The molecule has 0 heterocycles. The standard InChI is InChI=1S/C11H14F2O2/c1-3-8(14)4-7-5-9(12)11(13)10(6-7)15-2/h5-6,8,14H,3-4H2,1-2H3/t8-/m1/s1. The second-order valence-corrected chi connectivity index (χ2v) is 3.36. The van der Waals surface area contributed by atoms with Crippen molar-refractivity contribution in [2.75, 3.05) is 7.11 Å². The summed E-state index contributed by atoms with van der Waals surface area (Å²) in [5.74, 6) is -2.08. The van der Waals surface area contributed by atoms with Crippen molar-refractivity contribution in [1.82, 2.24) is 0 Å². The number of aliphatic hydroxyl groups excluding tert-OH is 1. The fraction of sp³-hybridized carbons (Fsp3) is 0.455. The van der Waals surface area contributed by atoms with E-state index in [0.29, 0.717) is 18.4 Å². The van der Waals surface area contributed by atoms with Crippen LogP contribution in [0.1, 0.15) is 18.9 Å². The summed E-state index contributed by atoms with van der Waals surface area (Å²) in [6.45, 7) is 1.82. The molecule has 1 aromatic rings. The molecule has 0 saturated carbocycles. The van der Waals surface area contributed by atoms with Gasteiger partial charge in [-0.15, -0.1) is 0 Å². The third-order valence-electron chi connectivity index (χ3n) is 2.22. The van der Waals surface area contributed by atoms with Crippen molar-refractivity contribution in [2.24, 2.45) is 0 Å². The highest BCUT2D eigenvalue weighted by Crippen LogP contribution is 2.22. The number of hydrogen-bond donors (Lipinski definition) is 1. The molecule has 0 radical (unpaired) electrons. The number of benzene rings is 1. The van der Waals surface area contributed by atoms with E-state index < -0.39 is 17.7 Å². The topological polar surface area (TPSA) is 29.5 Å². The highest BCUT2D eigenvalue weighted by molar-refractivity contribution is 5.31. The Labute approximate surface area is 87.5 Å². The third kappa shape index (κ3) is 2.89. The first kappa shape index (κ1) is 11.9. The van der Waals surface area contributed by atoms with Crippen molar-refractivity contribution in [3.63, 3.8) is 0 Å². The van der Waals surface area contributed by atoms with Gasteiger partial charge in [-0.2, -0.15) is 4.39 Å². The maximum Gasteiger partial charge on any atom is 0.200 e. The number of methoxy groups -OCH3 is 1. The molecular weight excluding hydrogens is 202 g/mol. The lowest BCUT2D eigenvalue weighted by molar-refractivity contribution is 0.170. The number of aliphatic hydroxyl groups is 1. The Bertz CT molecular complexity index is 340. The fourth-order valence-electron chi connectivity index (χ4n) is 1.30. The van der Waals surface area contributed by atoms with E-state index in [2.05, 4.69) is 4.74 Å². The summed E-state index contributed by atoms with van der Waals surface area (Å²) in [6.07, 6.45) is 0.324. The largest absolute Gasteiger partial charge is 0.494 e. The molecule has 0 amide bonds. The Hall–Kier alpha value is -1.16. The van der Waals surface area contributed by atoms with Gasteiger partial charge in [0.15, 0.2) is 11.6 Å². The van der Waals surface area contributed by atoms with E-state index in [0.717, 1.165) is 6.07 Å². The molecule has 0 aliphatic heterocycles. The molecule has 15 heavy (non-hydrogen) atoms. The predicted octanol–water partition coefficient (Wildman–Crippen LogP) is 2.29. The van der Waals surface area contributed by atoms with E-state index in [-0.39, 0.29) is 5.75 Å². The summed E-state index contributed by atoms with van der Waals surface area (Å²) in [5.41, 5.74) is 0.528. The summed E-state index contributed by atoms with van der Waals surface area (Å²) >= 11 is 0. The summed E-state index contributed by atoms with van der Waals surface area (Å²) < 4.78 is 30.8. The molecule has 0 spiro atoms. The van der Waals surface area contributed by atoms with Crippen LogP contribution in [-0.4, -0.2) is 18.3 Å². The number of ether oxygens (including phenoxy) is 1. The average Bonchev–Trinajstić information content (AvgIpc) is 2.22. The van der Waals surface area contributed by atoms with Crippen molar-refractivity contribution < 1.29 is 18.6 Å². The van der Waals surface area contributed by atoms with Gasteiger partial charge < -0.3 is 9.84 Å². The maximum absolute atomic E-state index is 13.0. The molecule has 4 heteroatoms. The number of rotatable bonds is 4. The Morgan fingerprint density at radius 2 is 2.07 bits per heavy atom. The first-order valence-electron chi connectivity index (χ1n) is 4.78. The zero-order valence-corrected chi connectivity index (χ0v) is 8.76. The predicted molar refractivity (Wildman–Crippen MR) is 52.9 cm³/mol. The molecule has 0 aliphatic carbocycles. The van der Waals surface area contributed by atoms with Gasteiger partial charge in [0.2, 0.25) is 5.82 Å². The summed E-state index contributed by atoms with van der Waals surface area (Å²) in [6, 6.07) is 2.48. The second kappa shape index (κ2) is 5.07. The Morgan fingerprint density at radius 3 is 2.60 bits per heavy atom. The SMILES string of the molecule is CC[C@@H](O)Cc1cc(F)c(F)c(OC)c1. The minimum Gasteiger partial charge on any atom is -0.494 e. The van der Waals surface area contributed by atoms with Gasteiger partial charge in [-0.25, -0.2) is 4.39 Å². The molecule has 0 aliphatic rings. The van der Waals surface area contributed by atoms with Gasteiger partial charge in [0.1, 0.15) is 0 Å². The Morgan fingerprint density at radius 1 is 1.40 bits per heavy atom. The first-order chi connectivity index (χ1) is 7.08. The van der Waals surface area contributed by atoms with Crippen molar-refractivity contribution in [1.29, 1.82) is 0 Å². The lowest BCUT2D eigenvalue weighted by Crippen LogP contribution is -2.09. The molecule has 0 unspecified atom stereocenters. The average molecular weight is 216 g/mol. The van der Waals surface area contributed by atoms with Crippen LogP contribution in [0.4, 0.5) is 8.78 Å². The van der Waals surface area contributed by atoms with Crippen LogP contribution in [-0.2, 0) is 6.42 Å². The van der Waals surface area contributed by atoms with E-state index in [1.807, 2.05) is 6.92 Å². The Balaban J connectivity index is 2.95. The van der Waals surface area contributed by atoms with E-state index in [1.165, 1.54) is 13.2 Å². The molecule has 2 nitrogen and oxygen atoms in total. The van der Waals surface area contributed by atoms with Gasteiger partial charge in [0, 0.05) is 0 Å². The fourth-order valence-corrected chi connectivity index (χ4v) is 1.30. The maximum atomic E-state index is 13.0. The van der Waals surface area contributed by atoms with E-state index in [4.69, 9.17) is 0 Å². The van der Waals surface area contributed by atoms with Gasteiger partial charge in [-0.1, -0.05) is 6.92 Å². The lowest BCUT2D eigenvalue weighted by atomic mass is 10.1. The molecule has 0 fully saturated rings. The minimum absolute atomic E-state index is 0.131. The van der Waals surface area contributed by atoms with E-state index in [1.54, 1.807) is 0 Å². The monoisotopic (exact) mass is 216 g/mol. The van der Waals surface area contributed by atoms with Gasteiger partial charge in [0.05, 0.1) is 13.2 Å². The summed E-state index contributed by atoms with van der Waals surface area (Å²) in [4.78, 5) is 0. The van der Waals surface area contributed by atoms with Crippen LogP contribution >= 0.6 is 0 Å². The molecule has 0 bridgehead atoms. The molecule has 1 atom stereocenters. The van der Waals surface area contributed by atoms with Crippen LogP contribution in [0.25, 0.3) is 0 Å². The number of halogens is 2. The highest BCUT2D eigenvalue weighted by Gasteiger charge is 2.12. The van der Waals surface area contributed by atoms with Crippen LogP contribution in [0, 0.1) is 11.6 Å². The van der Waals surface area contributed by atoms with Crippen molar-refractivity contribution in [3.8, 4) is 5.75 Å². The molecule has 84 valence electrons. The van der Waals surface area contributed by atoms with Gasteiger partial charge in [0.25, 0.3) is 0 Å². The van der Waals surface area contributed by atoms with E-state index >= 15 is 0 Å². The molecular formula is C11H14F2O2. The summed E-state index contributed by atoms with van der Waals surface area (Å²) in [7, 11) is 1.28. The van der Waals surface area contributed by atoms with Crippen molar-refractivity contribution in [3.05, 3.63) is 29.3 Å². The molecule has 1 aromatic carbocycles. The van der Waals surface area contributed by atoms with Gasteiger partial charge >= 0.3 is 0 Å². The third-order valence-corrected chi connectivity index (χ3v) is 2.22. The van der Waals surface area contributed by atoms with Crippen molar-refractivity contribution >= 4 is 0 Å². The zero-order valence-electron chi connectivity index (χ0n) is 8.76. The smallest absolute Gasteiger partial charge is 0.200 e. The zero-order chi connectivity index (χ0) is 11.4. The first-order valence-corrected chi connectivity index (χ1v) is 4.78. The van der Waals surface area contributed by atoms with Crippen LogP contribution in [0.5, 0.6) is 5.75 Å². The van der Waals surface area contributed by atoms with Crippen LogP contribution in [0.2, 0.25) is 0 Å². The summed E-state index contributed by atoms with van der Waals surface area (Å²) in [5, 5.41) is 9.38. The molecule has 1 rings (SSSR count). The Kier molecular flexibility index (Phi) is 4.03. The van der Waals surface area contributed by atoms with Crippen LogP contribution in [0.3, 0.4) is 0 Å². The number of hydrogen-bond acceptors (Lipinski definition) is 2. The molecule has 1 N–H and O–H groups in total. The van der Waals surface area contributed by atoms with E-state index in [9.17, 15) is 13.9 Å². The van der Waals surface area contributed by atoms with Crippen molar-refractivity contribution in [2.45, 2.75) is 25.9 Å². The highest BCUT2D eigenvalue weighted by atomic mass is 19.2. The quantitative estimate of drug-likeness (QED) is 0.836. The van der Waals surface area contributed by atoms with Gasteiger partial charge in [-0.05, 0) is 30.5 Å². The van der Waals surface area contributed by atoms with Crippen LogP contribution < -0.4 is 4.74 Å². The minimum atomic E-state index is -0.993. The lowest BCUT2D eigenvalue weighted by Gasteiger charge is -2.10. The van der Waals surface area contributed by atoms with Gasteiger partial charge in [-0.3, -0.25) is 0 Å². The van der Waals surface area contributed by atoms with Crippen LogP contribution in [0.15, 0.2) is 12.1 Å².